The van der Waals surface area contributed by atoms with Gasteiger partial charge in [-0.1, -0.05) is 0 Å². The van der Waals surface area contributed by atoms with Crippen molar-refractivity contribution in [2.24, 2.45) is 0 Å². The number of fused-ring (bicyclic) bond motifs is 1. The molecule has 0 aliphatic carbocycles. The summed E-state index contributed by atoms with van der Waals surface area (Å²) in [6, 6.07) is 4.33. The molecule has 3 aromatic rings. The average Bonchev–Trinajstić information content (AvgIpc) is 2.80. The van der Waals surface area contributed by atoms with Gasteiger partial charge in [0.2, 0.25) is 0 Å². The second-order valence-electron chi connectivity index (χ2n) is 5.02. The molecule has 0 atom stereocenters. The van der Waals surface area contributed by atoms with Gasteiger partial charge in [0, 0.05) is 5.69 Å². The van der Waals surface area contributed by atoms with Gasteiger partial charge >= 0.3 is 5.69 Å². The fourth-order valence-corrected chi connectivity index (χ4v) is 2.29. The maximum atomic E-state index is 13.8. The second kappa shape index (κ2) is 5.01. The lowest BCUT2D eigenvalue weighted by Gasteiger charge is -2.06. The summed E-state index contributed by atoms with van der Waals surface area (Å²) in [5.74, 6) is -5.96. The van der Waals surface area contributed by atoms with E-state index < -0.39 is 34.6 Å². The van der Waals surface area contributed by atoms with Crippen molar-refractivity contribution in [1.29, 1.82) is 0 Å². The molecule has 1 aromatic heterocycles. The Kier molecular flexibility index (Phi) is 3.24. The first kappa shape index (κ1) is 14.9. The summed E-state index contributed by atoms with van der Waals surface area (Å²) >= 11 is 0. The van der Waals surface area contributed by atoms with Crippen molar-refractivity contribution < 1.29 is 18.0 Å². The van der Waals surface area contributed by atoms with E-state index in [0.717, 1.165) is 6.07 Å². The number of anilines is 1. The molecule has 23 heavy (non-hydrogen) atoms. The smallest absolute Gasteiger partial charge is 0.333 e. The monoisotopic (exact) mass is 321 g/mol. The van der Waals surface area contributed by atoms with Crippen LogP contribution in [0.3, 0.4) is 0 Å². The number of hydrogen-bond donors (Lipinski definition) is 2. The van der Waals surface area contributed by atoms with Crippen molar-refractivity contribution in [3.8, 4) is 0 Å². The predicted molar refractivity (Wildman–Crippen MR) is 77.8 cm³/mol. The number of aromatic nitrogens is 2. The molecule has 1 heterocycles. The molecule has 0 radical (unpaired) electrons. The van der Waals surface area contributed by atoms with Crippen LogP contribution in [0.1, 0.15) is 15.9 Å². The highest BCUT2D eigenvalue weighted by molar-refractivity contribution is 6.01. The first-order valence-electron chi connectivity index (χ1n) is 6.50. The number of benzene rings is 2. The van der Waals surface area contributed by atoms with E-state index in [1.54, 1.807) is 6.92 Å². The molecule has 3 N–H and O–H groups in total. The first-order valence-corrected chi connectivity index (χ1v) is 6.50. The van der Waals surface area contributed by atoms with E-state index in [9.17, 15) is 22.8 Å². The van der Waals surface area contributed by atoms with Crippen LogP contribution in [-0.2, 0) is 0 Å². The Bertz CT molecular complexity index is 1020. The number of carbonyl (C=O) groups is 1. The maximum Gasteiger partial charge on any atom is 0.333 e. The largest absolute Gasteiger partial charge is 0.398 e. The molecule has 0 aliphatic heterocycles. The minimum atomic E-state index is -1.77. The molecule has 0 aliphatic rings. The molecule has 0 amide bonds. The van der Waals surface area contributed by atoms with Crippen molar-refractivity contribution in [2.75, 3.05) is 5.73 Å². The topological polar surface area (TPSA) is 80.9 Å². The Morgan fingerprint density at radius 1 is 1.17 bits per heavy atom. The summed E-state index contributed by atoms with van der Waals surface area (Å²) in [7, 11) is 0. The van der Waals surface area contributed by atoms with E-state index >= 15 is 0 Å². The summed E-state index contributed by atoms with van der Waals surface area (Å²) in [5, 5.41) is 0. The number of hydrogen-bond acceptors (Lipinski definition) is 3. The molecule has 0 bridgehead atoms. The van der Waals surface area contributed by atoms with E-state index in [1.165, 1.54) is 12.1 Å². The van der Waals surface area contributed by atoms with Gasteiger partial charge in [0.15, 0.2) is 17.5 Å². The fourth-order valence-electron chi connectivity index (χ4n) is 2.29. The van der Waals surface area contributed by atoms with E-state index in [4.69, 9.17) is 5.73 Å². The lowest BCUT2D eigenvalue weighted by Crippen LogP contribution is -2.26. The van der Waals surface area contributed by atoms with Crippen LogP contribution >= 0.6 is 0 Å². The van der Waals surface area contributed by atoms with E-state index in [1.807, 2.05) is 0 Å². The minimum absolute atomic E-state index is 0.163. The van der Waals surface area contributed by atoms with E-state index in [2.05, 4.69) is 4.98 Å². The third-order valence-electron chi connectivity index (χ3n) is 3.54. The van der Waals surface area contributed by atoms with Gasteiger partial charge in [-0.05, 0) is 36.8 Å². The summed E-state index contributed by atoms with van der Waals surface area (Å²) < 4.78 is 40.7. The van der Waals surface area contributed by atoms with Crippen molar-refractivity contribution in [1.82, 2.24) is 9.55 Å². The van der Waals surface area contributed by atoms with Gasteiger partial charge in [-0.3, -0.25) is 4.79 Å². The zero-order valence-electron chi connectivity index (χ0n) is 11.8. The highest BCUT2D eigenvalue weighted by Crippen LogP contribution is 2.21. The molecular formula is C15H10F3N3O2. The summed E-state index contributed by atoms with van der Waals surface area (Å²) in [5.41, 5.74) is 5.58. The Balaban J connectivity index is 2.27. The van der Waals surface area contributed by atoms with Crippen LogP contribution in [-0.4, -0.2) is 15.5 Å². The summed E-state index contributed by atoms with van der Waals surface area (Å²) in [6.07, 6.45) is 0. The van der Waals surface area contributed by atoms with Crippen LogP contribution in [0.2, 0.25) is 0 Å². The Labute approximate surface area is 127 Å². The number of nitrogens with one attached hydrogen (secondary N) is 1. The molecule has 0 saturated carbocycles. The number of aromatic amines is 1. The van der Waals surface area contributed by atoms with Gasteiger partial charge in [0.1, 0.15) is 0 Å². The molecule has 118 valence electrons. The van der Waals surface area contributed by atoms with Crippen LogP contribution < -0.4 is 11.4 Å². The Morgan fingerprint density at radius 2 is 1.87 bits per heavy atom. The predicted octanol–water partition coefficient (Wildman–Crippen LogP) is 2.33. The van der Waals surface area contributed by atoms with Crippen LogP contribution in [0, 0.1) is 24.4 Å². The zero-order chi connectivity index (χ0) is 16.9. The molecule has 0 unspecified atom stereocenters. The summed E-state index contributed by atoms with van der Waals surface area (Å²) in [4.78, 5) is 26.8. The highest BCUT2D eigenvalue weighted by atomic mass is 19.2. The molecule has 0 fully saturated rings. The number of imidazole rings is 1. The average molecular weight is 321 g/mol. The van der Waals surface area contributed by atoms with Gasteiger partial charge in [-0.25, -0.2) is 22.5 Å². The number of carbonyl (C=O) groups excluding carboxylic acids is 1. The van der Waals surface area contributed by atoms with Gasteiger partial charge in [-0.15, -0.1) is 0 Å². The molecule has 5 nitrogen and oxygen atoms in total. The van der Waals surface area contributed by atoms with Crippen LogP contribution in [0.25, 0.3) is 11.0 Å². The molecule has 0 spiro atoms. The van der Waals surface area contributed by atoms with Crippen molar-refractivity contribution in [3.05, 3.63) is 63.3 Å². The number of H-pyrrole nitrogens is 1. The van der Waals surface area contributed by atoms with Crippen molar-refractivity contribution in [3.63, 3.8) is 0 Å². The van der Waals surface area contributed by atoms with Crippen LogP contribution in [0.4, 0.5) is 18.9 Å². The molecule has 2 aromatic carbocycles. The molecular weight excluding hydrogens is 311 g/mol. The molecule has 8 heteroatoms. The molecule has 3 rings (SSSR count). The SMILES string of the molecule is Cc1cc2c(cc1N)[nH]c(=O)n2C(=O)c1ccc(F)c(F)c1F. The number of aryl methyl sites for hydroxylation is 1. The molecule has 0 saturated heterocycles. The third kappa shape index (κ3) is 2.19. The van der Waals surface area contributed by atoms with Crippen LogP contribution in [0.15, 0.2) is 29.1 Å². The lowest BCUT2D eigenvalue weighted by atomic mass is 10.1. The lowest BCUT2D eigenvalue weighted by molar-refractivity contribution is 0.0955. The van der Waals surface area contributed by atoms with Gasteiger partial charge in [-0.2, -0.15) is 0 Å². The van der Waals surface area contributed by atoms with Crippen LogP contribution in [0.5, 0.6) is 0 Å². The number of halogens is 3. The minimum Gasteiger partial charge on any atom is -0.398 e. The van der Waals surface area contributed by atoms with Crippen molar-refractivity contribution in [2.45, 2.75) is 6.92 Å². The van der Waals surface area contributed by atoms with Crippen molar-refractivity contribution >= 4 is 22.6 Å². The summed E-state index contributed by atoms with van der Waals surface area (Å²) in [6.45, 7) is 1.67. The normalized spacial score (nSPS) is 11.1. The van der Waals surface area contributed by atoms with Gasteiger partial charge in [0.25, 0.3) is 5.91 Å². The van der Waals surface area contributed by atoms with Gasteiger partial charge < -0.3 is 10.7 Å². The number of nitrogen functional groups attached to an aromatic ring is 1. The maximum absolute atomic E-state index is 13.8. The van der Waals surface area contributed by atoms with E-state index in [0.29, 0.717) is 21.9 Å². The zero-order valence-corrected chi connectivity index (χ0v) is 11.8. The number of nitrogens with zero attached hydrogens (tertiary/aromatic N) is 1. The quantitative estimate of drug-likeness (QED) is 0.533. The highest BCUT2D eigenvalue weighted by Gasteiger charge is 2.23. The first-order chi connectivity index (χ1) is 10.8. The van der Waals surface area contributed by atoms with Gasteiger partial charge in [0.05, 0.1) is 16.6 Å². The Hall–Kier alpha value is -3.03. The van der Waals surface area contributed by atoms with E-state index in [-0.39, 0.29) is 11.0 Å². The fraction of sp³-hybridized carbons (Fsp3) is 0.0667. The standard InChI is InChI=1S/C15H10F3N3O2/c1-6-4-11-10(5-9(6)19)20-15(23)21(11)14(22)7-2-3-8(16)13(18)12(7)17/h2-5H,19H2,1H3,(H,20,23). The second-order valence-corrected chi connectivity index (χ2v) is 5.02. The number of nitrogens with two attached hydrogens (primary N) is 1. The Morgan fingerprint density at radius 3 is 2.57 bits per heavy atom. The number of rotatable bonds is 1. The third-order valence-corrected chi connectivity index (χ3v) is 3.54.